The Morgan fingerprint density at radius 3 is 2.04 bits per heavy atom. The Hall–Kier alpha value is -2.44. The molecule has 0 saturated carbocycles. The van der Waals surface area contributed by atoms with Gasteiger partial charge in [-0.1, -0.05) is 134 Å². The van der Waals surface area contributed by atoms with Crippen LogP contribution in [0.15, 0.2) is 43.0 Å². The number of unbranched alkanes of at least 4 members (excludes halogenated alkanes) is 15. The van der Waals surface area contributed by atoms with Crippen molar-refractivity contribution in [3.8, 4) is 0 Å². The Morgan fingerprint density at radius 1 is 0.800 bits per heavy atom. The zero-order valence-electron chi connectivity index (χ0n) is 30.2. The van der Waals surface area contributed by atoms with Gasteiger partial charge in [0.15, 0.2) is 11.5 Å². The van der Waals surface area contributed by atoms with Crippen molar-refractivity contribution in [1.82, 2.24) is 19.5 Å². The van der Waals surface area contributed by atoms with Gasteiger partial charge in [0.2, 0.25) is 0 Å². The number of hydrogen-bond acceptors (Lipinski definition) is 10. The molecule has 4 N–H and O–H groups in total. The first-order valence-corrected chi connectivity index (χ1v) is 20.5. The number of aliphatic hydroxyl groups is 1. The van der Waals surface area contributed by atoms with E-state index in [4.69, 9.17) is 24.5 Å². The van der Waals surface area contributed by atoms with E-state index in [1.807, 2.05) is 30.3 Å². The normalized spacial score (nSPS) is 14.2. The second kappa shape index (κ2) is 25.5. The van der Waals surface area contributed by atoms with Crippen LogP contribution < -0.4 is 5.73 Å². The van der Waals surface area contributed by atoms with Gasteiger partial charge < -0.3 is 39.0 Å². The quantitative estimate of drug-likeness (QED) is 0.0439. The fraction of sp³-hybridized carbons (Fsp3) is 0.703. The monoisotopic (exact) mass is 719 g/mol. The largest absolute Gasteiger partial charge is 0.394 e. The topological polar surface area (TPSA) is 164 Å². The molecule has 0 saturated heterocycles. The van der Waals surface area contributed by atoms with E-state index in [9.17, 15) is 14.6 Å². The van der Waals surface area contributed by atoms with E-state index in [1.165, 1.54) is 103 Å². The maximum atomic E-state index is 12.9. The first-order chi connectivity index (χ1) is 24.4. The minimum atomic E-state index is -4.17. The zero-order valence-corrected chi connectivity index (χ0v) is 31.1. The molecule has 3 aromatic rings. The van der Waals surface area contributed by atoms with E-state index >= 15 is 0 Å². The first kappa shape index (κ1) is 42.0. The van der Waals surface area contributed by atoms with Gasteiger partial charge in [0.1, 0.15) is 24.3 Å². The third-order valence-corrected chi connectivity index (χ3v) is 9.77. The summed E-state index contributed by atoms with van der Waals surface area (Å²) in [5.41, 5.74) is 7.73. The van der Waals surface area contributed by atoms with Crippen molar-refractivity contribution in [1.29, 1.82) is 0 Å². The maximum absolute atomic E-state index is 12.9. The number of nitrogens with two attached hydrogens (primary N) is 1. The number of nitrogens with zero attached hydrogens (tertiary/aromatic N) is 4. The van der Waals surface area contributed by atoms with Crippen LogP contribution in [-0.2, 0) is 36.5 Å². The predicted molar refractivity (Wildman–Crippen MR) is 198 cm³/mol. The lowest BCUT2D eigenvalue weighted by Crippen LogP contribution is -2.27. The van der Waals surface area contributed by atoms with Gasteiger partial charge in [0.05, 0.1) is 45.4 Å². The molecule has 0 aliphatic carbocycles. The second-order valence-corrected chi connectivity index (χ2v) is 14.9. The van der Waals surface area contributed by atoms with Crippen LogP contribution in [0.25, 0.3) is 11.2 Å². The molecule has 50 heavy (non-hydrogen) atoms. The molecule has 0 aliphatic heterocycles. The van der Waals surface area contributed by atoms with Gasteiger partial charge in [-0.05, 0) is 12.0 Å². The number of hydrogen-bond donors (Lipinski definition) is 3. The lowest BCUT2D eigenvalue weighted by Gasteiger charge is -2.22. The van der Waals surface area contributed by atoms with E-state index in [0.717, 1.165) is 18.4 Å². The Bertz CT molecular complexity index is 1330. The fourth-order valence-electron chi connectivity index (χ4n) is 5.75. The molecule has 13 heteroatoms. The highest BCUT2D eigenvalue weighted by Crippen LogP contribution is 2.42. The van der Waals surface area contributed by atoms with Crippen molar-refractivity contribution in [2.24, 2.45) is 0 Å². The smallest absolute Gasteiger partial charge is 0.353 e. The summed E-state index contributed by atoms with van der Waals surface area (Å²) in [7, 11) is -4.17. The predicted octanol–water partition coefficient (Wildman–Crippen LogP) is 7.81. The molecule has 12 nitrogen and oxygen atoms in total. The number of aliphatic hydroxyl groups excluding tert-OH is 1. The zero-order chi connectivity index (χ0) is 35.7. The van der Waals surface area contributed by atoms with Crippen molar-refractivity contribution in [2.75, 3.05) is 38.5 Å². The number of anilines is 1. The molecule has 3 rings (SSSR count). The van der Waals surface area contributed by atoms with Gasteiger partial charge in [-0.3, -0.25) is 4.57 Å². The molecule has 2 heterocycles. The van der Waals surface area contributed by atoms with Crippen LogP contribution in [0.5, 0.6) is 0 Å². The molecule has 0 radical (unpaired) electrons. The molecule has 0 spiro atoms. The van der Waals surface area contributed by atoms with Crippen LogP contribution >= 0.6 is 7.60 Å². The Kier molecular flexibility index (Phi) is 21.4. The fourth-order valence-corrected chi connectivity index (χ4v) is 6.62. The Labute approximate surface area is 299 Å². The van der Waals surface area contributed by atoms with E-state index in [-0.39, 0.29) is 25.6 Å². The Balaban J connectivity index is 1.29. The van der Waals surface area contributed by atoms with Crippen LogP contribution in [0.3, 0.4) is 0 Å². The number of nitrogen functional groups attached to an aromatic ring is 1. The minimum Gasteiger partial charge on any atom is -0.394 e. The SMILES string of the molecule is CCCCCCCCCCCCCCCCCCOC[C@H](COP(=O)(O)CO[C@H](CO)Cn1cnc2c(N)ncnc21)OCc1ccccc1. The number of imidazole rings is 1. The van der Waals surface area contributed by atoms with Crippen molar-refractivity contribution >= 4 is 24.6 Å². The number of fused-ring (bicyclic) bond motifs is 1. The average molecular weight is 720 g/mol. The highest BCUT2D eigenvalue weighted by Gasteiger charge is 2.25. The van der Waals surface area contributed by atoms with Crippen LogP contribution in [-0.4, -0.2) is 74.5 Å². The third kappa shape index (κ3) is 17.7. The van der Waals surface area contributed by atoms with Crippen molar-refractivity contribution < 1.29 is 33.3 Å². The molecule has 0 bridgehead atoms. The molecule has 1 aromatic carbocycles. The van der Waals surface area contributed by atoms with Gasteiger partial charge >= 0.3 is 7.60 Å². The summed E-state index contributed by atoms with van der Waals surface area (Å²) >= 11 is 0. The van der Waals surface area contributed by atoms with E-state index in [2.05, 4.69) is 21.9 Å². The van der Waals surface area contributed by atoms with Crippen LogP contribution in [0, 0.1) is 0 Å². The average Bonchev–Trinajstić information content (AvgIpc) is 3.54. The van der Waals surface area contributed by atoms with Crippen LogP contribution in [0.4, 0.5) is 5.82 Å². The number of aromatic nitrogens is 4. The van der Waals surface area contributed by atoms with E-state index in [1.54, 1.807) is 4.57 Å². The number of benzene rings is 1. The lowest BCUT2D eigenvalue weighted by atomic mass is 10.0. The minimum absolute atomic E-state index is 0.138. The first-order valence-electron chi connectivity index (χ1n) is 18.7. The summed E-state index contributed by atoms with van der Waals surface area (Å²) in [4.78, 5) is 22.8. The highest BCUT2D eigenvalue weighted by atomic mass is 31.2. The lowest BCUT2D eigenvalue weighted by molar-refractivity contribution is -0.0489. The summed E-state index contributed by atoms with van der Waals surface area (Å²) in [6.45, 7) is 3.03. The summed E-state index contributed by atoms with van der Waals surface area (Å²) in [6.07, 6.45) is 21.9. The maximum Gasteiger partial charge on any atom is 0.353 e. The van der Waals surface area contributed by atoms with Gasteiger partial charge in [0, 0.05) is 6.61 Å². The molecule has 0 amide bonds. The van der Waals surface area contributed by atoms with Crippen molar-refractivity contribution in [3.05, 3.63) is 48.5 Å². The van der Waals surface area contributed by atoms with E-state index < -0.39 is 32.8 Å². The number of rotatable bonds is 31. The molecule has 3 atom stereocenters. The van der Waals surface area contributed by atoms with Gasteiger partial charge in [-0.25, -0.2) is 15.0 Å². The molecular formula is C37H62N5O7P. The van der Waals surface area contributed by atoms with Gasteiger partial charge in [-0.15, -0.1) is 0 Å². The number of ether oxygens (including phenoxy) is 3. The van der Waals surface area contributed by atoms with Crippen LogP contribution in [0.2, 0.25) is 0 Å². The summed E-state index contributed by atoms with van der Waals surface area (Å²) in [5, 5.41) is 9.86. The summed E-state index contributed by atoms with van der Waals surface area (Å²) in [6, 6.07) is 9.72. The van der Waals surface area contributed by atoms with Crippen molar-refractivity contribution in [3.63, 3.8) is 0 Å². The molecule has 1 unspecified atom stereocenters. The van der Waals surface area contributed by atoms with E-state index in [0.29, 0.717) is 24.4 Å². The third-order valence-electron chi connectivity index (χ3n) is 8.74. The summed E-state index contributed by atoms with van der Waals surface area (Å²) in [5.74, 6) is 0.238. The molecular weight excluding hydrogens is 657 g/mol. The highest BCUT2D eigenvalue weighted by molar-refractivity contribution is 7.52. The second-order valence-electron chi connectivity index (χ2n) is 13.2. The molecule has 282 valence electrons. The molecule has 2 aromatic heterocycles. The Morgan fingerprint density at radius 2 is 1.42 bits per heavy atom. The van der Waals surface area contributed by atoms with Crippen LogP contribution in [0.1, 0.15) is 115 Å². The van der Waals surface area contributed by atoms with Crippen molar-refractivity contribution in [2.45, 2.75) is 135 Å². The summed E-state index contributed by atoms with van der Waals surface area (Å²) < 4.78 is 37.5. The molecule has 0 aliphatic rings. The molecule has 0 fully saturated rings. The van der Waals surface area contributed by atoms with Gasteiger partial charge in [-0.2, -0.15) is 0 Å². The standard InChI is InChI=1S/C37H62N5O7P/c1-2-3-4-5-6-7-8-9-10-11-12-13-14-15-16-20-23-46-27-34(47-26-32-21-18-17-19-22-32)28-49-50(44,45)31-48-33(25-43)24-42-30-41-35-36(38)39-29-40-37(35)42/h17-19,21-22,29-30,33-34,43H,2-16,20,23-28,31H2,1H3,(H,44,45)(H2,38,39,40)/t33-,34+/m0/s1. The van der Waals surface area contributed by atoms with Gasteiger partial charge in [0.25, 0.3) is 0 Å².